The van der Waals surface area contributed by atoms with Crippen molar-refractivity contribution in [3.63, 3.8) is 0 Å². The fourth-order valence-electron chi connectivity index (χ4n) is 1.74. The van der Waals surface area contributed by atoms with Crippen molar-refractivity contribution in [2.75, 3.05) is 13.2 Å². The summed E-state index contributed by atoms with van der Waals surface area (Å²) in [6.07, 6.45) is -0.129. The van der Waals surface area contributed by atoms with Gasteiger partial charge in [0, 0.05) is 12.8 Å². The zero-order chi connectivity index (χ0) is 17.7. The number of aliphatic hydroxyl groups is 2. The molecule has 0 aliphatic carbocycles. The van der Waals surface area contributed by atoms with Gasteiger partial charge in [-0.3, -0.25) is 0 Å². The van der Waals surface area contributed by atoms with Gasteiger partial charge in [-0.2, -0.15) is 0 Å². The molecule has 1 aromatic rings. The number of hydrogen-bond acceptors (Lipinski definition) is 9. The third kappa shape index (κ3) is 5.52. The van der Waals surface area contributed by atoms with Gasteiger partial charge in [0.05, 0.1) is 13.2 Å². The average Bonchev–Trinajstić information content (AvgIpc) is 2.84. The highest BCUT2D eigenvalue weighted by Crippen LogP contribution is 2.22. The molecule has 0 radical (unpaired) electrons. The highest BCUT2D eigenvalue weighted by molar-refractivity contribution is 7.11. The van der Waals surface area contributed by atoms with E-state index in [2.05, 4.69) is 10.2 Å². The Morgan fingerprint density at radius 1 is 0.957 bits per heavy atom. The van der Waals surface area contributed by atoms with Crippen LogP contribution in [0.15, 0.2) is 0 Å². The van der Waals surface area contributed by atoms with Crippen LogP contribution in [0.1, 0.15) is 37.7 Å². The van der Waals surface area contributed by atoms with Crippen LogP contribution < -0.4 is 0 Å². The third-order valence-corrected chi connectivity index (χ3v) is 3.85. The lowest BCUT2D eigenvalue weighted by molar-refractivity contribution is -0.163. The minimum atomic E-state index is -1.71. The topological polar surface area (TPSA) is 119 Å². The van der Waals surface area contributed by atoms with Gasteiger partial charge in [0.15, 0.2) is 11.2 Å². The van der Waals surface area contributed by atoms with Gasteiger partial charge in [-0.1, -0.05) is 0 Å². The average molecular weight is 346 g/mol. The Bertz CT molecular complexity index is 509. The summed E-state index contributed by atoms with van der Waals surface area (Å²) in [5.41, 5.74) is -3.42. The Balaban J connectivity index is 2.75. The van der Waals surface area contributed by atoms with Gasteiger partial charge in [0.1, 0.15) is 10.0 Å². The molecule has 0 bridgehead atoms. The van der Waals surface area contributed by atoms with Gasteiger partial charge in [-0.05, 0) is 27.7 Å². The maximum absolute atomic E-state index is 11.6. The van der Waals surface area contributed by atoms with Crippen molar-refractivity contribution in [1.82, 2.24) is 10.2 Å². The van der Waals surface area contributed by atoms with E-state index < -0.39 is 23.1 Å². The molecule has 0 aromatic carbocycles. The van der Waals surface area contributed by atoms with E-state index in [9.17, 15) is 19.8 Å². The van der Waals surface area contributed by atoms with E-state index in [1.807, 2.05) is 0 Å². The first-order valence-electron chi connectivity index (χ1n) is 7.22. The predicted molar refractivity (Wildman–Crippen MR) is 81.8 cm³/mol. The van der Waals surface area contributed by atoms with Gasteiger partial charge < -0.3 is 19.7 Å². The molecular weight excluding hydrogens is 324 g/mol. The van der Waals surface area contributed by atoms with E-state index in [4.69, 9.17) is 9.47 Å². The van der Waals surface area contributed by atoms with Crippen molar-refractivity contribution in [2.24, 2.45) is 0 Å². The Labute approximate surface area is 138 Å². The maximum atomic E-state index is 11.6. The SMILES string of the molecule is CCOC(=O)C(C)(O)Cc1nnc(CC(C)(O)C(=O)OCC)s1. The number of carbonyl (C=O) groups is 2. The molecule has 130 valence electrons. The highest BCUT2D eigenvalue weighted by atomic mass is 32.1. The highest BCUT2D eigenvalue weighted by Gasteiger charge is 2.36. The lowest BCUT2D eigenvalue weighted by Crippen LogP contribution is -2.39. The number of carbonyl (C=O) groups excluding carboxylic acids is 2. The number of esters is 2. The van der Waals surface area contributed by atoms with Gasteiger partial charge in [-0.15, -0.1) is 21.5 Å². The summed E-state index contributed by atoms with van der Waals surface area (Å²) in [7, 11) is 0. The Morgan fingerprint density at radius 3 is 1.61 bits per heavy atom. The van der Waals surface area contributed by atoms with Crippen LogP contribution >= 0.6 is 11.3 Å². The lowest BCUT2D eigenvalue weighted by Gasteiger charge is -2.19. The molecular formula is C14H22N2O6S. The summed E-state index contributed by atoms with van der Waals surface area (Å²) in [4.78, 5) is 23.3. The molecule has 9 heteroatoms. The van der Waals surface area contributed by atoms with Crippen LogP contribution in [0.4, 0.5) is 0 Å². The summed E-state index contributed by atoms with van der Waals surface area (Å²) in [6, 6.07) is 0. The van der Waals surface area contributed by atoms with Crippen LogP contribution in [0.2, 0.25) is 0 Å². The molecule has 1 aromatic heterocycles. The first-order chi connectivity index (χ1) is 10.6. The van der Waals surface area contributed by atoms with E-state index in [-0.39, 0.29) is 26.1 Å². The molecule has 0 amide bonds. The van der Waals surface area contributed by atoms with Crippen molar-refractivity contribution < 1.29 is 29.3 Å². The molecule has 0 aliphatic rings. The molecule has 0 fully saturated rings. The van der Waals surface area contributed by atoms with Crippen molar-refractivity contribution in [1.29, 1.82) is 0 Å². The van der Waals surface area contributed by atoms with E-state index in [1.54, 1.807) is 13.8 Å². The Morgan fingerprint density at radius 2 is 1.30 bits per heavy atom. The molecule has 8 nitrogen and oxygen atoms in total. The van der Waals surface area contributed by atoms with Crippen LogP contribution in [-0.4, -0.2) is 56.8 Å². The maximum Gasteiger partial charge on any atom is 0.338 e. The molecule has 23 heavy (non-hydrogen) atoms. The molecule has 0 saturated heterocycles. The van der Waals surface area contributed by atoms with Gasteiger partial charge >= 0.3 is 11.9 Å². The minimum absolute atomic E-state index is 0.0644. The van der Waals surface area contributed by atoms with Gasteiger partial charge in [0.2, 0.25) is 0 Å². The fourth-order valence-corrected chi connectivity index (χ4v) is 2.88. The second kappa shape index (κ2) is 7.80. The fraction of sp³-hybridized carbons (Fsp3) is 0.714. The number of rotatable bonds is 8. The summed E-state index contributed by atoms with van der Waals surface area (Å²) < 4.78 is 9.58. The number of nitrogens with zero attached hydrogens (tertiary/aromatic N) is 2. The quantitative estimate of drug-likeness (QED) is 0.643. The first kappa shape index (κ1) is 19.5. The minimum Gasteiger partial charge on any atom is -0.464 e. The number of aromatic nitrogens is 2. The molecule has 2 unspecified atom stereocenters. The van der Waals surface area contributed by atoms with Crippen molar-refractivity contribution >= 4 is 23.3 Å². The van der Waals surface area contributed by atoms with Gasteiger partial charge in [-0.25, -0.2) is 9.59 Å². The van der Waals surface area contributed by atoms with Crippen LogP contribution in [0.3, 0.4) is 0 Å². The smallest absolute Gasteiger partial charge is 0.338 e. The largest absolute Gasteiger partial charge is 0.464 e. The van der Waals surface area contributed by atoms with Gasteiger partial charge in [0.25, 0.3) is 0 Å². The monoisotopic (exact) mass is 346 g/mol. The van der Waals surface area contributed by atoms with Crippen LogP contribution in [0.25, 0.3) is 0 Å². The molecule has 1 heterocycles. The van der Waals surface area contributed by atoms with E-state index in [0.717, 1.165) is 11.3 Å². The molecule has 1 rings (SSSR count). The van der Waals surface area contributed by atoms with E-state index >= 15 is 0 Å². The second-order valence-electron chi connectivity index (χ2n) is 5.43. The van der Waals surface area contributed by atoms with Crippen LogP contribution in [0, 0.1) is 0 Å². The molecule has 0 saturated carbocycles. The summed E-state index contributed by atoms with van der Waals surface area (Å²) in [5, 5.41) is 28.8. The van der Waals surface area contributed by atoms with Crippen LogP contribution in [-0.2, 0) is 31.9 Å². The van der Waals surface area contributed by atoms with Crippen molar-refractivity contribution in [3.8, 4) is 0 Å². The van der Waals surface area contributed by atoms with Crippen LogP contribution in [0.5, 0.6) is 0 Å². The molecule has 0 spiro atoms. The zero-order valence-electron chi connectivity index (χ0n) is 13.7. The summed E-state index contributed by atoms with van der Waals surface area (Å²) in [6.45, 7) is 6.29. The second-order valence-corrected chi connectivity index (χ2v) is 6.58. The standard InChI is InChI=1S/C14H22N2O6S/c1-5-21-11(17)13(3,19)7-9-15-16-10(23-9)8-14(4,20)12(18)22-6-2/h19-20H,5-8H2,1-4H3. The normalized spacial score (nSPS) is 16.3. The number of ether oxygens (including phenoxy) is 2. The number of hydrogen-bond donors (Lipinski definition) is 2. The first-order valence-corrected chi connectivity index (χ1v) is 8.04. The molecule has 0 aliphatic heterocycles. The summed E-state index contributed by atoms with van der Waals surface area (Å²) in [5.74, 6) is -1.48. The summed E-state index contributed by atoms with van der Waals surface area (Å²) >= 11 is 1.10. The lowest BCUT2D eigenvalue weighted by atomic mass is 10.0. The molecule has 2 atom stereocenters. The predicted octanol–water partition coefficient (Wildman–Crippen LogP) is 0.251. The molecule has 2 N–H and O–H groups in total. The van der Waals surface area contributed by atoms with E-state index in [0.29, 0.717) is 10.0 Å². The van der Waals surface area contributed by atoms with Crippen molar-refractivity contribution in [2.45, 2.75) is 51.7 Å². The Hall–Kier alpha value is -1.58. The van der Waals surface area contributed by atoms with Crippen molar-refractivity contribution in [3.05, 3.63) is 10.0 Å². The third-order valence-electron chi connectivity index (χ3n) is 2.93. The van der Waals surface area contributed by atoms with E-state index in [1.165, 1.54) is 13.8 Å². The zero-order valence-corrected chi connectivity index (χ0v) is 14.5. The Kier molecular flexibility index (Phi) is 6.60.